The molecule has 1 saturated carbocycles. The third-order valence-corrected chi connectivity index (χ3v) is 7.79. The number of aromatic nitrogens is 2. The Labute approximate surface area is 208 Å². The number of rotatable bonds is 6. The van der Waals surface area contributed by atoms with E-state index in [-0.39, 0.29) is 12.2 Å². The fourth-order valence-corrected chi connectivity index (χ4v) is 4.99. The molecule has 1 spiro atoms. The van der Waals surface area contributed by atoms with Crippen LogP contribution in [0.4, 0.5) is 24.8 Å². The quantitative estimate of drug-likeness (QED) is 0.598. The fourth-order valence-electron chi connectivity index (χ4n) is 4.99. The number of carbonyl (C=O) groups is 1. The van der Waals surface area contributed by atoms with Crippen LogP contribution < -0.4 is 9.80 Å². The number of pyridine rings is 2. The third kappa shape index (κ3) is 4.93. The lowest BCUT2D eigenvalue weighted by molar-refractivity contribution is -0.260. The molecule has 10 heteroatoms. The van der Waals surface area contributed by atoms with Crippen molar-refractivity contribution < 1.29 is 27.8 Å². The summed E-state index contributed by atoms with van der Waals surface area (Å²) in [7, 11) is 0. The molecule has 1 aliphatic carbocycles. The summed E-state index contributed by atoms with van der Waals surface area (Å²) >= 11 is 0. The highest BCUT2D eigenvalue weighted by atomic mass is 19.4. The van der Waals surface area contributed by atoms with Crippen molar-refractivity contribution in [3.05, 3.63) is 47.3 Å². The maximum atomic E-state index is 13.5. The molecular weight excluding hydrogens is 473 g/mol. The van der Waals surface area contributed by atoms with Gasteiger partial charge in [-0.3, -0.25) is 4.79 Å². The average Bonchev–Trinajstić information content (AvgIpc) is 3.63. The van der Waals surface area contributed by atoms with Crippen LogP contribution in [0.2, 0.25) is 0 Å². The molecule has 2 saturated heterocycles. The van der Waals surface area contributed by atoms with Crippen LogP contribution in [-0.2, 0) is 16.8 Å². The molecule has 2 aliphatic heterocycles. The van der Waals surface area contributed by atoms with Crippen molar-refractivity contribution in [1.82, 2.24) is 9.97 Å². The number of Topliss-reactive ketones (excluding diaryl/α,β-unsaturated/α-hetero) is 1. The molecule has 3 fully saturated rings. The second-order valence-electron chi connectivity index (χ2n) is 10.3. The average molecular weight is 505 g/mol. The van der Waals surface area contributed by atoms with E-state index in [0.29, 0.717) is 74.6 Å². The molecule has 0 aromatic carbocycles. The maximum Gasteiger partial charge on any atom is 0.422 e. The summed E-state index contributed by atoms with van der Waals surface area (Å²) in [5.41, 5.74) is -2.36. The molecule has 0 bridgehead atoms. The van der Waals surface area contributed by atoms with Gasteiger partial charge < -0.3 is 19.6 Å². The zero-order chi connectivity index (χ0) is 25.6. The molecule has 0 amide bonds. The predicted octanol–water partition coefficient (Wildman–Crippen LogP) is 3.89. The largest absolute Gasteiger partial charge is 0.422 e. The van der Waals surface area contributed by atoms with E-state index in [9.17, 15) is 23.1 Å². The standard InChI is InChI=1S/C26H31F3N4O3/c1-24(35,26(27,28)29)21-6-5-18(23(31-21)33-11-9-25(7-8-25)10-12-33)17-20(34)19-3-2-4-22(30-19)32-13-15-36-16-14-32/h2-6,35H,7-17H2,1H3. The number of hydrogen-bond acceptors (Lipinski definition) is 7. The van der Waals surface area contributed by atoms with Gasteiger partial charge in [0.05, 0.1) is 18.9 Å². The number of nitrogens with zero attached hydrogens (tertiary/aromatic N) is 4. The minimum atomic E-state index is -4.88. The molecule has 2 aromatic heterocycles. The van der Waals surface area contributed by atoms with Crippen LogP contribution in [0.25, 0.3) is 0 Å². The zero-order valence-corrected chi connectivity index (χ0v) is 20.4. The van der Waals surface area contributed by atoms with Gasteiger partial charge in [-0.1, -0.05) is 12.1 Å². The van der Waals surface area contributed by atoms with Gasteiger partial charge in [0, 0.05) is 38.2 Å². The lowest BCUT2D eigenvalue weighted by atomic mass is 9.93. The molecule has 36 heavy (non-hydrogen) atoms. The van der Waals surface area contributed by atoms with Gasteiger partial charge in [0.2, 0.25) is 0 Å². The van der Waals surface area contributed by atoms with E-state index in [0.717, 1.165) is 12.8 Å². The van der Waals surface area contributed by atoms with Crippen molar-refractivity contribution >= 4 is 17.4 Å². The Balaban J connectivity index is 1.42. The number of halogens is 3. The number of aliphatic hydroxyl groups is 1. The van der Waals surface area contributed by atoms with Crippen LogP contribution in [0.15, 0.2) is 30.3 Å². The van der Waals surface area contributed by atoms with Crippen molar-refractivity contribution in [3.63, 3.8) is 0 Å². The minimum Gasteiger partial charge on any atom is -0.378 e. The number of morpholine rings is 1. The molecule has 0 radical (unpaired) electrons. The highest BCUT2D eigenvalue weighted by Crippen LogP contribution is 2.54. The van der Waals surface area contributed by atoms with Crippen molar-refractivity contribution in [2.75, 3.05) is 49.2 Å². The summed E-state index contributed by atoms with van der Waals surface area (Å²) in [4.78, 5) is 26.1. The van der Waals surface area contributed by atoms with Crippen LogP contribution in [0.5, 0.6) is 0 Å². The number of anilines is 2. The summed E-state index contributed by atoms with van der Waals surface area (Å²) in [5, 5.41) is 10.2. The predicted molar refractivity (Wildman–Crippen MR) is 128 cm³/mol. The van der Waals surface area contributed by atoms with Crippen molar-refractivity contribution in [2.24, 2.45) is 5.41 Å². The summed E-state index contributed by atoms with van der Waals surface area (Å²) < 4.78 is 46.0. The van der Waals surface area contributed by atoms with Crippen LogP contribution in [0, 0.1) is 5.41 Å². The van der Waals surface area contributed by atoms with Crippen molar-refractivity contribution in [1.29, 1.82) is 0 Å². The van der Waals surface area contributed by atoms with E-state index in [2.05, 4.69) is 14.9 Å². The first kappa shape index (κ1) is 25.0. The fraction of sp³-hybridized carbons (Fsp3) is 0.577. The Bertz CT molecular complexity index is 1120. The van der Waals surface area contributed by atoms with Gasteiger partial charge in [-0.2, -0.15) is 13.2 Å². The summed E-state index contributed by atoms with van der Waals surface area (Å²) in [6, 6.07) is 7.95. The van der Waals surface area contributed by atoms with Gasteiger partial charge in [-0.05, 0) is 56.2 Å². The Morgan fingerprint density at radius 2 is 1.69 bits per heavy atom. The summed E-state index contributed by atoms with van der Waals surface area (Å²) in [5.74, 6) is 0.800. The third-order valence-electron chi connectivity index (χ3n) is 7.79. The van der Waals surface area contributed by atoms with E-state index < -0.39 is 17.5 Å². The Morgan fingerprint density at radius 3 is 2.33 bits per heavy atom. The first-order valence-corrected chi connectivity index (χ1v) is 12.5. The van der Waals surface area contributed by atoms with Crippen LogP contribution in [-0.4, -0.2) is 66.4 Å². The number of ketones is 1. The zero-order valence-electron chi connectivity index (χ0n) is 20.4. The minimum absolute atomic E-state index is 0.0437. The van der Waals surface area contributed by atoms with Gasteiger partial charge in [0.25, 0.3) is 0 Å². The van der Waals surface area contributed by atoms with E-state index in [1.807, 2.05) is 11.0 Å². The SMILES string of the molecule is CC(O)(c1ccc(CC(=O)c2cccc(N3CCOCC3)n2)c(N2CCC3(CC2)CC3)n1)C(F)(F)F. The first-order valence-electron chi connectivity index (χ1n) is 12.5. The normalized spacial score (nSPS) is 21.4. The maximum absolute atomic E-state index is 13.5. The van der Waals surface area contributed by atoms with Crippen molar-refractivity contribution in [3.8, 4) is 0 Å². The Morgan fingerprint density at radius 1 is 1.00 bits per heavy atom. The topological polar surface area (TPSA) is 78.8 Å². The van der Waals surface area contributed by atoms with Crippen LogP contribution in [0.1, 0.15) is 54.4 Å². The molecule has 1 N–H and O–H groups in total. The molecule has 1 unspecified atom stereocenters. The Kier molecular flexibility index (Phi) is 6.45. The lowest BCUT2D eigenvalue weighted by Gasteiger charge is -2.35. The lowest BCUT2D eigenvalue weighted by Crippen LogP contribution is -2.41. The number of piperidine rings is 1. The van der Waals surface area contributed by atoms with Crippen LogP contribution in [0.3, 0.4) is 0 Å². The molecule has 7 nitrogen and oxygen atoms in total. The number of hydrogen-bond donors (Lipinski definition) is 1. The second-order valence-corrected chi connectivity index (χ2v) is 10.3. The van der Waals surface area contributed by atoms with Gasteiger partial charge in [0.1, 0.15) is 17.3 Å². The monoisotopic (exact) mass is 504 g/mol. The molecule has 194 valence electrons. The first-order chi connectivity index (χ1) is 17.1. The Hall–Kier alpha value is -2.72. The molecule has 3 aliphatic rings. The number of alkyl halides is 3. The molecule has 1 atom stereocenters. The van der Waals surface area contributed by atoms with Gasteiger partial charge in [0.15, 0.2) is 11.4 Å². The van der Waals surface area contributed by atoms with E-state index in [1.165, 1.54) is 25.0 Å². The van der Waals surface area contributed by atoms with Gasteiger partial charge in [-0.25, -0.2) is 9.97 Å². The van der Waals surface area contributed by atoms with E-state index >= 15 is 0 Å². The van der Waals surface area contributed by atoms with Crippen molar-refractivity contribution in [2.45, 2.75) is 50.8 Å². The van der Waals surface area contributed by atoms with E-state index in [1.54, 1.807) is 12.1 Å². The van der Waals surface area contributed by atoms with Gasteiger partial charge in [-0.15, -0.1) is 0 Å². The molecule has 4 heterocycles. The van der Waals surface area contributed by atoms with Gasteiger partial charge >= 0.3 is 6.18 Å². The molecular formula is C26H31F3N4O3. The second kappa shape index (κ2) is 9.30. The number of ether oxygens (including phenoxy) is 1. The van der Waals surface area contributed by atoms with E-state index in [4.69, 9.17) is 4.74 Å². The highest BCUT2D eigenvalue weighted by Gasteiger charge is 2.52. The molecule has 2 aromatic rings. The highest BCUT2D eigenvalue weighted by molar-refractivity contribution is 5.96. The molecule has 5 rings (SSSR count). The summed E-state index contributed by atoms with van der Waals surface area (Å²) in [6.07, 6.45) is -0.645. The number of carbonyl (C=O) groups excluding carboxylic acids is 1. The smallest absolute Gasteiger partial charge is 0.378 e. The van der Waals surface area contributed by atoms with Crippen LogP contribution >= 0.6 is 0 Å². The summed E-state index contributed by atoms with van der Waals surface area (Å²) in [6.45, 7) is 4.61.